The number of carbonyl (C=O) groups excluding carboxylic acids is 2. The fraction of sp³-hybridized carbons (Fsp3) is 0.714. The summed E-state index contributed by atoms with van der Waals surface area (Å²) in [6, 6.07) is -0.538. The minimum atomic E-state index is -1.22. The Bertz CT molecular complexity index is 267. The van der Waals surface area contributed by atoms with E-state index in [-0.39, 0.29) is 12.7 Å². The summed E-state index contributed by atoms with van der Waals surface area (Å²) in [5, 5.41) is 13.3. The summed E-state index contributed by atoms with van der Waals surface area (Å²) in [5.41, 5.74) is -1.22. The van der Waals surface area contributed by atoms with Gasteiger partial charge < -0.3 is 15.2 Å². The van der Waals surface area contributed by atoms with Gasteiger partial charge in [-0.25, -0.2) is 4.79 Å². The lowest BCUT2D eigenvalue weighted by Crippen LogP contribution is -2.46. The van der Waals surface area contributed by atoms with Crippen molar-refractivity contribution in [3.8, 4) is 0 Å². The van der Waals surface area contributed by atoms with E-state index in [0.29, 0.717) is 12.8 Å². The number of amides is 3. The van der Waals surface area contributed by atoms with Crippen molar-refractivity contribution in [2.45, 2.75) is 24.7 Å². The minimum absolute atomic E-state index is 0.134. The van der Waals surface area contributed by atoms with Gasteiger partial charge in [0.05, 0.1) is 12.7 Å². The number of carbonyl (C=O) groups is 2. The van der Waals surface area contributed by atoms with Crippen LogP contribution in [0, 0.1) is 0 Å². The summed E-state index contributed by atoms with van der Waals surface area (Å²) in [6.45, 7) is -0.134. The molecule has 2 fully saturated rings. The highest BCUT2D eigenvalue weighted by molar-refractivity contribution is 6.06. The largest absolute Gasteiger partial charge is 0.394 e. The van der Waals surface area contributed by atoms with Crippen LogP contribution in [0.5, 0.6) is 0 Å². The van der Waals surface area contributed by atoms with Gasteiger partial charge in [-0.1, -0.05) is 0 Å². The molecule has 0 saturated carbocycles. The van der Waals surface area contributed by atoms with Crippen LogP contribution in [0.15, 0.2) is 0 Å². The molecule has 2 atom stereocenters. The number of aliphatic hydroxyl groups is 1. The number of rotatable bonds is 1. The van der Waals surface area contributed by atoms with Crippen molar-refractivity contribution in [1.82, 2.24) is 10.6 Å². The third kappa shape index (κ3) is 1.18. The molecule has 0 aromatic rings. The molecule has 0 aromatic carbocycles. The molecule has 0 aromatic heterocycles. The normalized spacial score (nSPS) is 38.1. The van der Waals surface area contributed by atoms with Gasteiger partial charge in [-0.2, -0.15) is 0 Å². The molecule has 0 aliphatic carbocycles. The third-order valence-corrected chi connectivity index (χ3v) is 2.30. The average molecular weight is 186 g/mol. The van der Waals surface area contributed by atoms with Crippen LogP contribution in [0.4, 0.5) is 4.79 Å². The lowest BCUT2D eigenvalue weighted by molar-refractivity contribution is -0.144. The van der Waals surface area contributed by atoms with Crippen molar-refractivity contribution < 1.29 is 19.4 Å². The van der Waals surface area contributed by atoms with Crippen molar-refractivity contribution in [3.63, 3.8) is 0 Å². The Kier molecular flexibility index (Phi) is 1.74. The molecular weight excluding hydrogens is 176 g/mol. The van der Waals surface area contributed by atoms with Gasteiger partial charge in [0.2, 0.25) is 5.72 Å². The number of imide groups is 1. The fourth-order valence-corrected chi connectivity index (χ4v) is 1.63. The Balaban J connectivity index is 2.14. The molecule has 0 bridgehead atoms. The van der Waals surface area contributed by atoms with Crippen molar-refractivity contribution in [2.75, 3.05) is 6.61 Å². The summed E-state index contributed by atoms with van der Waals surface area (Å²) in [6.07, 6.45) is 0.629. The first kappa shape index (κ1) is 8.46. The standard InChI is InChI=1S/C7H10N2O4/c10-3-4-1-2-7(13-4)5(11)8-6(12)9-7/h4,10H,1-3H2,(H2,8,9,11,12)/t4-,7-/m0/s1. The molecule has 2 rings (SSSR count). The maximum absolute atomic E-state index is 11.3. The van der Waals surface area contributed by atoms with E-state index in [1.807, 2.05) is 0 Å². The summed E-state index contributed by atoms with van der Waals surface area (Å²) < 4.78 is 5.25. The van der Waals surface area contributed by atoms with E-state index in [4.69, 9.17) is 9.84 Å². The van der Waals surface area contributed by atoms with E-state index in [1.165, 1.54) is 0 Å². The first-order valence-electron chi connectivity index (χ1n) is 4.08. The van der Waals surface area contributed by atoms with Crippen LogP contribution >= 0.6 is 0 Å². The van der Waals surface area contributed by atoms with E-state index in [9.17, 15) is 9.59 Å². The lowest BCUT2D eigenvalue weighted by Gasteiger charge is -2.19. The predicted molar refractivity (Wildman–Crippen MR) is 40.6 cm³/mol. The lowest BCUT2D eigenvalue weighted by atomic mass is 10.1. The Morgan fingerprint density at radius 3 is 2.85 bits per heavy atom. The van der Waals surface area contributed by atoms with E-state index < -0.39 is 17.7 Å². The quantitative estimate of drug-likeness (QED) is 0.444. The Labute approximate surface area is 74.2 Å². The molecule has 0 unspecified atom stereocenters. The first-order valence-corrected chi connectivity index (χ1v) is 4.08. The first-order chi connectivity index (χ1) is 6.16. The second-order valence-corrected chi connectivity index (χ2v) is 3.20. The van der Waals surface area contributed by atoms with Crippen LogP contribution in [0.1, 0.15) is 12.8 Å². The van der Waals surface area contributed by atoms with Gasteiger partial charge in [0.25, 0.3) is 5.91 Å². The van der Waals surface area contributed by atoms with E-state index in [1.54, 1.807) is 0 Å². The molecule has 13 heavy (non-hydrogen) atoms. The molecule has 2 aliphatic heterocycles. The number of nitrogens with one attached hydrogen (secondary N) is 2. The van der Waals surface area contributed by atoms with Crippen molar-refractivity contribution in [3.05, 3.63) is 0 Å². The summed E-state index contributed by atoms with van der Waals surface area (Å²) in [4.78, 5) is 22.1. The van der Waals surface area contributed by atoms with Crippen LogP contribution in [-0.4, -0.2) is 35.5 Å². The maximum atomic E-state index is 11.3. The zero-order chi connectivity index (χ0) is 9.47. The highest BCUT2D eigenvalue weighted by Gasteiger charge is 2.52. The molecule has 2 aliphatic rings. The van der Waals surface area contributed by atoms with Gasteiger partial charge in [0, 0.05) is 6.42 Å². The van der Waals surface area contributed by atoms with Crippen molar-refractivity contribution in [2.24, 2.45) is 0 Å². The zero-order valence-corrected chi connectivity index (χ0v) is 6.87. The minimum Gasteiger partial charge on any atom is -0.394 e. The summed E-state index contributed by atoms with van der Waals surface area (Å²) in [7, 11) is 0. The topological polar surface area (TPSA) is 87.7 Å². The third-order valence-electron chi connectivity index (χ3n) is 2.30. The summed E-state index contributed by atoms with van der Waals surface area (Å²) in [5.74, 6) is -0.464. The molecule has 2 saturated heterocycles. The second-order valence-electron chi connectivity index (χ2n) is 3.20. The monoisotopic (exact) mass is 186 g/mol. The van der Waals surface area contributed by atoms with Crippen LogP contribution in [0.3, 0.4) is 0 Å². The van der Waals surface area contributed by atoms with E-state index in [2.05, 4.69) is 10.6 Å². The molecule has 2 heterocycles. The second kappa shape index (κ2) is 2.68. The van der Waals surface area contributed by atoms with E-state index >= 15 is 0 Å². The zero-order valence-electron chi connectivity index (χ0n) is 6.87. The molecular formula is C7H10N2O4. The van der Waals surface area contributed by atoms with Crippen LogP contribution in [-0.2, 0) is 9.53 Å². The highest BCUT2D eigenvalue weighted by Crippen LogP contribution is 2.30. The maximum Gasteiger partial charge on any atom is 0.324 e. The SMILES string of the molecule is O=C1NC(=O)[C@@]2(CC[C@@H](CO)O2)N1. The molecule has 6 nitrogen and oxygen atoms in total. The Morgan fingerprint density at radius 1 is 1.62 bits per heavy atom. The van der Waals surface area contributed by atoms with Crippen LogP contribution < -0.4 is 10.6 Å². The molecule has 0 radical (unpaired) electrons. The van der Waals surface area contributed by atoms with Crippen LogP contribution in [0.2, 0.25) is 0 Å². The number of ether oxygens (including phenoxy) is 1. The molecule has 72 valence electrons. The number of hydrogen-bond donors (Lipinski definition) is 3. The van der Waals surface area contributed by atoms with E-state index in [0.717, 1.165) is 0 Å². The molecule has 3 N–H and O–H groups in total. The van der Waals surface area contributed by atoms with Gasteiger partial charge in [0.15, 0.2) is 0 Å². The fourth-order valence-electron chi connectivity index (χ4n) is 1.63. The van der Waals surface area contributed by atoms with Gasteiger partial charge in [-0.15, -0.1) is 0 Å². The smallest absolute Gasteiger partial charge is 0.324 e. The number of urea groups is 1. The van der Waals surface area contributed by atoms with Gasteiger partial charge in [-0.05, 0) is 6.42 Å². The van der Waals surface area contributed by atoms with Crippen LogP contribution in [0.25, 0.3) is 0 Å². The van der Waals surface area contributed by atoms with Crippen molar-refractivity contribution in [1.29, 1.82) is 0 Å². The number of aliphatic hydroxyl groups excluding tert-OH is 1. The van der Waals surface area contributed by atoms with Crippen molar-refractivity contribution >= 4 is 11.9 Å². The summed E-state index contributed by atoms with van der Waals surface area (Å²) >= 11 is 0. The molecule has 1 spiro atoms. The predicted octanol–water partition coefficient (Wildman–Crippen LogP) is -1.31. The Morgan fingerprint density at radius 2 is 2.38 bits per heavy atom. The molecule has 3 amide bonds. The molecule has 6 heteroatoms. The highest BCUT2D eigenvalue weighted by atomic mass is 16.5. The van der Waals surface area contributed by atoms with Gasteiger partial charge in [0.1, 0.15) is 0 Å². The van der Waals surface area contributed by atoms with Gasteiger partial charge in [-0.3, -0.25) is 10.1 Å². The van der Waals surface area contributed by atoms with Gasteiger partial charge >= 0.3 is 6.03 Å². The average Bonchev–Trinajstić information content (AvgIpc) is 2.59. The number of hydrogen-bond acceptors (Lipinski definition) is 4. The Hall–Kier alpha value is -1.14.